The molecule has 0 aromatic heterocycles. The lowest BCUT2D eigenvalue weighted by Gasteiger charge is -2.14. The predicted octanol–water partition coefficient (Wildman–Crippen LogP) is 4.38. The first-order valence-corrected chi connectivity index (χ1v) is 12.3. The highest BCUT2D eigenvalue weighted by molar-refractivity contribution is 7.99. The molecule has 2 N–H and O–H groups in total. The van der Waals surface area contributed by atoms with Gasteiger partial charge in [0.1, 0.15) is 16.4 Å². The number of rotatable bonds is 10. The topological polar surface area (TPSA) is 93.7 Å². The number of benzene rings is 3. The zero-order valence-corrected chi connectivity index (χ0v) is 19.3. The molecule has 9 heteroatoms. The Labute approximate surface area is 192 Å². The minimum absolute atomic E-state index is 0.0782. The summed E-state index contributed by atoms with van der Waals surface area (Å²) >= 11 is 1.48. The van der Waals surface area contributed by atoms with Gasteiger partial charge in [-0.05, 0) is 48.0 Å². The smallest absolute Gasteiger partial charge is 0.265 e. The summed E-state index contributed by atoms with van der Waals surface area (Å²) in [6.07, 6.45) is 0. The largest absolute Gasteiger partial charge is 0.497 e. The molecule has 0 radical (unpaired) electrons. The van der Waals surface area contributed by atoms with E-state index in [9.17, 15) is 13.2 Å². The van der Waals surface area contributed by atoms with Gasteiger partial charge < -0.3 is 14.8 Å². The number of sulfonamides is 1. The summed E-state index contributed by atoms with van der Waals surface area (Å²) in [5.41, 5.74) is 1.87. The molecule has 0 fully saturated rings. The fourth-order valence-electron chi connectivity index (χ4n) is 2.87. The molecule has 0 saturated heterocycles. The third-order valence-electron chi connectivity index (χ3n) is 4.42. The van der Waals surface area contributed by atoms with Crippen molar-refractivity contribution >= 4 is 39.1 Å². The van der Waals surface area contributed by atoms with Crippen molar-refractivity contribution in [3.05, 3.63) is 78.4 Å². The van der Waals surface area contributed by atoms with Gasteiger partial charge >= 0.3 is 0 Å². The molecule has 0 atom stereocenters. The van der Waals surface area contributed by atoms with Gasteiger partial charge in [-0.1, -0.05) is 30.3 Å². The van der Waals surface area contributed by atoms with Crippen molar-refractivity contribution in [1.82, 2.24) is 0 Å². The minimum atomic E-state index is -3.96. The average molecular weight is 473 g/mol. The van der Waals surface area contributed by atoms with Crippen LogP contribution in [0.5, 0.6) is 11.5 Å². The fraction of sp³-hybridized carbons (Fsp3) is 0.174. The van der Waals surface area contributed by atoms with Crippen molar-refractivity contribution in [2.45, 2.75) is 10.6 Å². The monoisotopic (exact) mass is 472 g/mol. The van der Waals surface area contributed by atoms with Gasteiger partial charge in [-0.25, -0.2) is 8.42 Å². The second-order valence-electron chi connectivity index (χ2n) is 6.73. The van der Waals surface area contributed by atoms with Crippen molar-refractivity contribution < 1.29 is 22.7 Å². The SMILES string of the molecule is COc1ccc(NS(=O)(=O)c2cc(NC(=O)CSCc3ccccc3)ccc2OC)cc1. The number of thioether (sulfide) groups is 1. The highest BCUT2D eigenvalue weighted by atomic mass is 32.2. The second kappa shape index (κ2) is 10.9. The maximum absolute atomic E-state index is 13.0. The molecule has 3 aromatic carbocycles. The van der Waals surface area contributed by atoms with Crippen LogP contribution in [-0.2, 0) is 20.6 Å². The van der Waals surface area contributed by atoms with Gasteiger partial charge in [0.15, 0.2) is 0 Å². The van der Waals surface area contributed by atoms with Gasteiger partial charge in [0.25, 0.3) is 10.0 Å². The van der Waals surface area contributed by atoms with Crippen LogP contribution in [0.3, 0.4) is 0 Å². The number of amides is 1. The van der Waals surface area contributed by atoms with E-state index in [0.29, 0.717) is 22.9 Å². The van der Waals surface area contributed by atoms with E-state index in [1.807, 2.05) is 30.3 Å². The number of nitrogens with one attached hydrogen (secondary N) is 2. The van der Waals surface area contributed by atoms with Crippen LogP contribution >= 0.6 is 11.8 Å². The van der Waals surface area contributed by atoms with Crippen molar-refractivity contribution in [3.63, 3.8) is 0 Å². The molecule has 7 nitrogen and oxygen atoms in total. The van der Waals surface area contributed by atoms with Crippen LogP contribution in [0, 0.1) is 0 Å². The van der Waals surface area contributed by atoms with Crippen LogP contribution in [0.2, 0.25) is 0 Å². The van der Waals surface area contributed by atoms with Crippen molar-refractivity contribution in [2.75, 3.05) is 30.0 Å². The zero-order valence-electron chi connectivity index (χ0n) is 17.7. The first-order valence-electron chi connectivity index (χ1n) is 9.67. The summed E-state index contributed by atoms with van der Waals surface area (Å²) in [6.45, 7) is 0. The summed E-state index contributed by atoms with van der Waals surface area (Å²) < 4.78 is 38.8. The quantitative estimate of drug-likeness (QED) is 0.455. The lowest BCUT2D eigenvalue weighted by atomic mass is 10.2. The number of anilines is 2. The van der Waals surface area contributed by atoms with Crippen LogP contribution in [0.4, 0.5) is 11.4 Å². The van der Waals surface area contributed by atoms with Crippen molar-refractivity contribution in [2.24, 2.45) is 0 Å². The maximum Gasteiger partial charge on any atom is 0.265 e. The molecule has 0 saturated carbocycles. The van der Waals surface area contributed by atoms with E-state index in [1.165, 1.54) is 38.1 Å². The minimum Gasteiger partial charge on any atom is -0.497 e. The van der Waals surface area contributed by atoms with Gasteiger partial charge in [-0.3, -0.25) is 9.52 Å². The zero-order chi connectivity index (χ0) is 23.0. The molecule has 0 aliphatic carbocycles. The van der Waals surface area contributed by atoms with E-state index in [-0.39, 0.29) is 22.3 Å². The molecule has 168 valence electrons. The molecule has 3 rings (SSSR count). The molecule has 0 bridgehead atoms. The van der Waals surface area contributed by atoms with Gasteiger partial charge in [-0.15, -0.1) is 11.8 Å². The van der Waals surface area contributed by atoms with E-state index in [2.05, 4.69) is 10.0 Å². The van der Waals surface area contributed by atoms with Crippen LogP contribution in [0.25, 0.3) is 0 Å². The summed E-state index contributed by atoms with van der Waals surface area (Å²) in [6, 6.07) is 20.8. The Balaban J connectivity index is 1.69. The Morgan fingerprint density at radius 2 is 1.59 bits per heavy atom. The molecule has 1 amide bonds. The van der Waals surface area contributed by atoms with E-state index in [4.69, 9.17) is 9.47 Å². The molecule has 0 aliphatic heterocycles. The first-order chi connectivity index (χ1) is 15.4. The number of carbonyl (C=O) groups excluding carboxylic acids is 1. The van der Waals surface area contributed by atoms with Crippen molar-refractivity contribution in [1.29, 1.82) is 0 Å². The van der Waals surface area contributed by atoms with Crippen LogP contribution in [-0.4, -0.2) is 34.3 Å². The van der Waals surface area contributed by atoms with E-state index in [0.717, 1.165) is 5.56 Å². The van der Waals surface area contributed by atoms with Crippen LogP contribution in [0.1, 0.15) is 5.56 Å². The lowest BCUT2D eigenvalue weighted by molar-refractivity contribution is -0.113. The first kappa shape index (κ1) is 23.5. The highest BCUT2D eigenvalue weighted by Gasteiger charge is 2.21. The molecular formula is C23H24N2O5S2. The molecule has 0 spiro atoms. The molecule has 0 unspecified atom stereocenters. The molecule has 32 heavy (non-hydrogen) atoms. The third kappa shape index (κ3) is 6.41. The van der Waals surface area contributed by atoms with Crippen LogP contribution in [0.15, 0.2) is 77.7 Å². The third-order valence-corrected chi connectivity index (χ3v) is 6.83. The Hall–Kier alpha value is -3.17. The molecular weight excluding hydrogens is 448 g/mol. The lowest BCUT2D eigenvalue weighted by Crippen LogP contribution is -2.17. The number of carbonyl (C=O) groups is 1. The van der Waals surface area contributed by atoms with Crippen molar-refractivity contribution in [3.8, 4) is 11.5 Å². The van der Waals surface area contributed by atoms with Crippen LogP contribution < -0.4 is 19.5 Å². The van der Waals surface area contributed by atoms with E-state index < -0.39 is 10.0 Å². The summed E-state index contributed by atoms with van der Waals surface area (Å²) in [4.78, 5) is 12.3. The fourth-order valence-corrected chi connectivity index (χ4v) is 4.91. The Morgan fingerprint density at radius 1 is 0.906 bits per heavy atom. The Bertz CT molecular complexity index is 1150. The van der Waals surface area contributed by atoms with Gasteiger partial charge in [0, 0.05) is 17.1 Å². The highest BCUT2D eigenvalue weighted by Crippen LogP contribution is 2.29. The number of hydrogen-bond acceptors (Lipinski definition) is 6. The predicted molar refractivity (Wildman–Crippen MR) is 128 cm³/mol. The number of ether oxygens (including phenoxy) is 2. The van der Waals surface area contributed by atoms with E-state index >= 15 is 0 Å². The van der Waals surface area contributed by atoms with Gasteiger partial charge in [-0.2, -0.15) is 0 Å². The maximum atomic E-state index is 13.0. The number of methoxy groups -OCH3 is 2. The van der Waals surface area contributed by atoms with E-state index in [1.54, 1.807) is 30.3 Å². The second-order valence-corrected chi connectivity index (χ2v) is 9.36. The van der Waals surface area contributed by atoms with Gasteiger partial charge in [0.05, 0.1) is 20.0 Å². The molecule has 3 aromatic rings. The summed E-state index contributed by atoms with van der Waals surface area (Å²) in [5, 5.41) is 2.75. The average Bonchev–Trinajstić information content (AvgIpc) is 2.80. The summed E-state index contributed by atoms with van der Waals surface area (Å²) in [5.74, 6) is 1.51. The molecule has 0 aliphatic rings. The Kier molecular flexibility index (Phi) is 8.02. The number of hydrogen-bond donors (Lipinski definition) is 2. The Morgan fingerprint density at radius 3 is 2.25 bits per heavy atom. The normalized spacial score (nSPS) is 10.9. The van der Waals surface area contributed by atoms with Gasteiger partial charge in [0.2, 0.25) is 5.91 Å². The summed E-state index contributed by atoms with van der Waals surface area (Å²) in [7, 11) is -1.04. The molecule has 0 heterocycles. The standard InChI is InChI=1S/C23H24N2O5S2/c1-29-20-11-8-18(9-12-20)25-32(27,28)22-14-19(10-13-21(22)30-2)24-23(26)16-31-15-17-6-4-3-5-7-17/h3-14,25H,15-16H2,1-2H3,(H,24,26).